The molecule has 0 fully saturated rings. The Hall–Kier alpha value is -0.740. The van der Waals surface area contributed by atoms with Crippen molar-refractivity contribution in [2.45, 2.75) is 25.8 Å². The summed E-state index contributed by atoms with van der Waals surface area (Å²) in [7, 11) is 1.48. The molecule has 1 aromatic rings. The molecule has 0 aliphatic heterocycles. The summed E-state index contributed by atoms with van der Waals surface area (Å²) >= 11 is 1.87. The van der Waals surface area contributed by atoms with E-state index >= 15 is 0 Å². The molecule has 1 N–H and O–H groups in total. The summed E-state index contributed by atoms with van der Waals surface area (Å²) in [5.74, 6) is 1.20. The smallest absolute Gasteiger partial charge is 0.165 e. The largest absolute Gasteiger partial charge is 0.494 e. The second kappa shape index (κ2) is 8.38. The zero-order chi connectivity index (χ0) is 13.4. The molecule has 4 heteroatoms. The number of rotatable bonds is 8. The van der Waals surface area contributed by atoms with Crippen LogP contribution in [-0.2, 0) is 0 Å². The minimum atomic E-state index is -0.300. The molecule has 1 unspecified atom stereocenters. The van der Waals surface area contributed by atoms with Gasteiger partial charge in [0.2, 0.25) is 0 Å². The van der Waals surface area contributed by atoms with Crippen molar-refractivity contribution in [3.8, 4) is 5.75 Å². The van der Waals surface area contributed by atoms with Crippen LogP contribution in [0.25, 0.3) is 0 Å². The van der Waals surface area contributed by atoms with Gasteiger partial charge in [0.1, 0.15) is 0 Å². The third-order valence-corrected chi connectivity index (χ3v) is 3.60. The van der Waals surface area contributed by atoms with Crippen LogP contribution < -0.4 is 10.1 Å². The molecule has 102 valence electrons. The average Bonchev–Trinajstić information content (AvgIpc) is 2.38. The van der Waals surface area contributed by atoms with E-state index in [0.29, 0.717) is 5.75 Å². The van der Waals surface area contributed by atoms with E-state index in [2.05, 4.69) is 18.5 Å². The Bertz CT molecular complexity index is 360. The van der Waals surface area contributed by atoms with Gasteiger partial charge < -0.3 is 10.1 Å². The molecule has 0 bridgehead atoms. The van der Waals surface area contributed by atoms with Gasteiger partial charge in [-0.2, -0.15) is 11.8 Å². The summed E-state index contributed by atoms with van der Waals surface area (Å²) in [6.07, 6.45) is 4.50. The van der Waals surface area contributed by atoms with E-state index in [1.807, 2.05) is 17.8 Å². The summed E-state index contributed by atoms with van der Waals surface area (Å²) < 4.78 is 18.5. The number of benzene rings is 1. The van der Waals surface area contributed by atoms with E-state index in [-0.39, 0.29) is 11.9 Å². The number of ether oxygens (including phenoxy) is 1. The van der Waals surface area contributed by atoms with Crippen molar-refractivity contribution < 1.29 is 9.13 Å². The van der Waals surface area contributed by atoms with Crippen molar-refractivity contribution in [1.29, 1.82) is 0 Å². The molecule has 1 atom stereocenters. The first-order chi connectivity index (χ1) is 8.69. The SMILES string of the molecule is COc1ccc(C(C)NCCCCSC)cc1F. The van der Waals surface area contributed by atoms with Crippen molar-refractivity contribution in [1.82, 2.24) is 5.32 Å². The number of hydrogen-bond acceptors (Lipinski definition) is 3. The molecule has 0 radical (unpaired) electrons. The number of halogens is 1. The minimum absolute atomic E-state index is 0.166. The van der Waals surface area contributed by atoms with Gasteiger partial charge in [-0.3, -0.25) is 0 Å². The minimum Gasteiger partial charge on any atom is -0.494 e. The van der Waals surface area contributed by atoms with E-state index in [1.54, 1.807) is 12.1 Å². The predicted octanol–water partition coefficient (Wildman–Crippen LogP) is 3.63. The van der Waals surface area contributed by atoms with Crippen LogP contribution in [0.3, 0.4) is 0 Å². The Kier molecular flexibility index (Phi) is 7.13. The van der Waals surface area contributed by atoms with Gasteiger partial charge in [0.05, 0.1) is 7.11 Å². The molecule has 1 aromatic carbocycles. The number of nitrogens with one attached hydrogen (secondary N) is 1. The fraction of sp³-hybridized carbons (Fsp3) is 0.571. The summed E-state index contributed by atoms with van der Waals surface area (Å²) in [5.41, 5.74) is 0.957. The lowest BCUT2D eigenvalue weighted by atomic mass is 10.1. The fourth-order valence-corrected chi connectivity index (χ4v) is 2.25. The van der Waals surface area contributed by atoms with E-state index < -0.39 is 0 Å². The molecular weight excluding hydrogens is 249 g/mol. The van der Waals surface area contributed by atoms with Crippen molar-refractivity contribution in [2.24, 2.45) is 0 Å². The molecule has 0 aromatic heterocycles. The van der Waals surface area contributed by atoms with Crippen LogP contribution in [0.2, 0.25) is 0 Å². The number of methoxy groups -OCH3 is 1. The van der Waals surface area contributed by atoms with Crippen LogP contribution in [-0.4, -0.2) is 25.7 Å². The Morgan fingerprint density at radius 1 is 1.39 bits per heavy atom. The van der Waals surface area contributed by atoms with Gasteiger partial charge in [0, 0.05) is 6.04 Å². The molecule has 0 saturated heterocycles. The van der Waals surface area contributed by atoms with Gasteiger partial charge in [-0.15, -0.1) is 0 Å². The predicted molar refractivity (Wildman–Crippen MR) is 77.0 cm³/mol. The Balaban J connectivity index is 2.41. The molecule has 0 spiro atoms. The highest BCUT2D eigenvalue weighted by Gasteiger charge is 2.08. The van der Waals surface area contributed by atoms with E-state index in [1.165, 1.54) is 19.3 Å². The van der Waals surface area contributed by atoms with E-state index in [9.17, 15) is 4.39 Å². The summed E-state index contributed by atoms with van der Waals surface area (Å²) in [5, 5.41) is 3.41. The Morgan fingerprint density at radius 2 is 2.17 bits per heavy atom. The first-order valence-electron chi connectivity index (χ1n) is 6.24. The molecule has 0 amide bonds. The molecule has 18 heavy (non-hydrogen) atoms. The first-order valence-corrected chi connectivity index (χ1v) is 7.64. The van der Waals surface area contributed by atoms with Crippen LogP contribution in [0.15, 0.2) is 18.2 Å². The summed E-state index contributed by atoms with van der Waals surface area (Å²) in [4.78, 5) is 0. The lowest BCUT2D eigenvalue weighted by Gasteiger charge is -2.15. The Labute approximate surface area is 113 Å². The van der Waals surface area contributed by atoms with Crippen molar-refractivity contribution in [2.75, 3.05) is 25.7 Å². The molecule has 1 rings (SSSR count). The van der Waals surface area contributed by atoms with Gasteiger partial charge >= 0.3 is 0 Å². The van der Waals surface area contributed by atoms with Gasteiger partial charge in [0.15, 0.2) is 11.6 Å². The number of unbranched alkanes of at least 4 members (excludes halogenated alkanes) is 1. The number of thioether (sulfide) groups is 1. The first kappa shape index (κ1) is 15.3. The maximum atomic E-state index is 13.5. The maximum Gasteiger partial charge on any atom is 0.165 e. The topological polar surface area (TPSA) is 21.3 Å². The molecule has 0 saturated carbocycles. The maximum absolute atomic E-state index is 13.5. The second-order valence-electron chi connectivity index (χ2n) is 4.27. The summed E-state index contributed by atoms with van der Waals surface area (Å²) in [6.45, 7) is 3.02. The lowest BCUT2D eigenvalue weighted by molar-refractivity contribution is 0.385. The van der Waals surface area contributed by atoms with Gasteiger partial charge in [-0.1, -0.05) is 6.07 Å². The fourth-order valence-electron chi connectivity index (χ4n) is 1.76. The highest BCUT2D eigenvalue weighted by Crippen LogP contribution is 2.21. The summed E-state index contributed by atoms with van der Waals surface area (Å²) in [6, 6.07) is 5.29. The van der Waals surface area contributed by atoms with Crippen LogP contribution in [0.1, 0.15) is 31.4 Å². The molecular formula is C14H22FNOS. The third kappa shape index (κ3) is 4.86. The molecule has 0 aliphatic rings. The van der Waals surface area contributed by atoms with Crippen LogP contribution in [0.5, 0.6) is 5.75 Å². The molecule has 2 nitrogen and oxygen atoms in total. The Morgan fingerprint density at radius 3 is 2.78 bits per heavy atom. The highest BCUT2D eigenvalue weighted by molar-refractivity contribution is 7.98. The van der Waals surface area contributed by atoms with Crippen LogP contribution in [0.4, 0.5) is 4.39 Å². The van der Waals surface area contributed by atoms with Crippen LogP contribution >= 0.6 is 11.8 Å². The monoisotopic (exact) mass is 271 g/mol. The lowest BCUT2D eigenvalue weighted by Crippen LogP contribution is -2.20. The van der Waals surface area contributed by atoms with Crippen molar-refractivity contribution >= 4 is 11.8 Å². The third-order valence-electron chi connectivity index (χ3n) is 2.90. The van der Waals surface area contributed by atoms with Crippen LogP contribution in [0, 0.1) is 5.82 Å². The standard InChI is InChI=1S/C14H22FNOS/c1-11(16-8-4-5-9-18-3)12-6-7-14(17-2)13(15)10-12/h6-7,10-11,16H,4-5,8-9H2,1-3H3. The van der Waals surface area contributed by atoms with Crippen molar-refractivity contribution in [3.63, 3.8) is 0 Å². The number of hydrogen-bond donors (Lipinski definition) is 1. The van der Waals surface area contributed by atoms with E-state index in [0.717, 1.165) is 18.5 Å². The normalized spacial score (nSPS) is 12.4. The van der Waals surface area contributed by atoms with Gasteiger partial charge in [-0.25, -0.2) is 4.39 Å². The van der Waals surface area contributed by atoms with E-state index in [4.69, 9.17) is 4.74 Å². The van der Waals surface area contributed by atoms with Gasteiger partial charge in [0.25, 0.3) is 0 Å². The zero-order valence-corrected chi connectivity index (χ0v) is 12.1. The van der Waals surface area contributed by atoms with Crippen molar-refractivity contribution in [3.05, 3.63) is 29.6 Å². The second-order valence-corrected chi connectivity index (χ2v) is 5.26. The average molecular weight is 271 g/mol. The van der Waals surface area contributed by atoms with Gasteiger partial charge in [-0.05, 0) is 56.0 Å². The molecule has 0 heterocycles. The molecule has 0 aliphatic carbocycles. The highest BCUT2D eigenvalue weighted by atomic mass is 32.2. The quantitative estimate of drug-likeness (QED) is 0.730. The zero-order valence-electron chi connectivity index (χ0n) is 11.3.